The molecule has 0 saturated carbocycles. The van der Waals surface area contributed by atoms with Crippen LogP contribution in [0.2, 0.25) is 5.28 Å². The van der Waals surface area contributed by atoms with Gasteiger partial charge in [0, 0.05) is 11.2 Å². The molecule has 0 aliphatic heterocycles. The topological polar surface area (TPSA) is 52.7 Å². The highest BCUT2D eigenvalue weighted by Crippen LogP contribution is 2.12. The Bertz CT molecular complexity index is 472. The van der Waals surface area contributed by atoms with Crippen molar-refractivity contribution in [3.05, 3.63) is 34.3 Å². The first-order valence-corrected chi connectivity index (χ1v) is 4.09. The first-order chi connectivity index (χ1) is 6.18. The molecule has 1 aromatic carbocycles. The number of benzene rings is 1. The van der Waals surface area contributed by atoms with Crippen LogP contribution < -0.4 is 4.85 Å². The molecule has 0 aliphatic carbocycles. The lowest BCUT2D eigenvalue weighted by Gasteiger charge is -2.00. The molecule has 0 N–H and O–H groups in total. The minimum absolute atomic E-state index is 0.0307. The summed E-state index contributed by atoms with van der Waals surface area (Å²) in [5, 5.41) is 14.7. The number of aryl methyl sites for hydroxylation is 1. The van der Waals surface area contributed by atoms with Crippen LogP contribution in [0.5, 0.6) is 0 Å². The van der Waals surface area contributed by atoms with Crippen LogP contribution in [-0.2, 0) is 0 Å². The van der Waals surface area contributed by atoms with Crippen molar-refractivity contribution in [1.29, 1.82) is 0 Å². The predicted octanol–water partition coefficient (Wildman–Crippen LogP) is 1.23. The summed E-state index contributed by atoms with van der Waals surface area (Å²) in [6, 6.07) is 5.31. The van der Waals surface area contributed by atoms with Gasteiger partial charge in [-0.15, -0.1) is 0 Å². The zero-order chi connectivity index (χ0) is 9.42. The summed E-state index contributed by atoms with van der Waals surface area (Å²) >= 11 is 5.55. The van der Waals surface area contributed by atoms with E-state index in [9.17, 15) is 5.21 Å². The maximum Gasteiger partial charge on any atom is 0.290 e. The van der Waals surface area contributed by atoms with E-state index in [0.29, 0.717) is 15.9 Å². The van der Waals surface area contributed by atoms with E-state index in [-0.39, 0.29) is 5.28 Å². The van der Waals surface area contributed by atoms with Gasteiger partial charge in [0.15, 0.2) is 0 Å². The van der Waals surface area contributed by atoms with Crippen molar-refractivity contribution in [3.8, 4) is 0 Å². The Morgan fingerprint density at radius 3 is 3.00 bits per heavy atom. The van der Waals surface area contributed by atoms with Gasteiger partial charge in [0.2, 0.25) is 0 Å². The molecule has 5 heteroatoms. The van der Waals surface area contributed by atoms with Gasteiger partial charge < -0.3 is 5.21 Å². The lowest BCUT2D eigenvalue weighted by atomic mass is 10.2. The van der Waals surface area contributed by atoms with Crippen molar-refractivity contribution in [3.63, 3.8) is 0 Å². The summed E-state index contributed by atoms with van der Waals surface area (Å²) in [5.41, 5.74) is 1.94. The van der Waals surface area contributed by atoms with Crippen molar-refractivity contribution < 1.29 is 4.85 Å². The molecule has 13 heavy (non-hydrogen) atoms. The van der Waals surface area contributed by atoms with Crippen LogP contribution in [0.25, 0.3) is 11.0 Å². The monoisotopic (exact) mass is 195 g/mol. The number of hydrogen-bond donors (Lipinski definition) is 0. The fourth-order valence-electron chi connectivity index (χ4n) is 1.19. The van der Waals surface area contributed by atoms with Crippen molar-refractivity contribution in [2.75, 3.05) is 0 Å². The smallest absolute Gasteiger partial charge is 0.290 e. The van der Waals surface area contributed by atoms with Crippen LogP contribution in [0.15, 0.2) is 18.2 Å². The number of halogens is 1. The molecule has 2 rings (SSSR count). The zero-order valence-corrected chi connectivity index (χ0v) is 7.62. The normalized spacial score (nSPS) is 10.6. The second kappa shape index (κ2) is 2.81. The first kappa shape index (κ1) is 8.19. The quantitative estimate of drug-likeness (QED) is 0.469. The molecule has 0 amide bonds. The maximum absolute atomic E-state index is 11.2. The molecule has 66 valence electrons. The minimum Gasteiger partial charge on any atom is -0.594 e. The predicted molar refractivity (Wildman–Crippen MR) is 48.2 cm³/mol. The van der Waals surface area contributed by atoms with Crippen LogP contribution >= 0.6 is 11.6 Å². The van der Waals surface area contributed by atoms with Crippen LogP contribution in [0.3, 0.4) is 0 Å². The summed E-state index contributed by atoms with van der Waals surface area (Å²) in [6.45, 7) is 1.87. The van der Waals surface area contributed by atoms with Crippen LogP contribution in [0.4, 0.5) is 0 Å². The van der Waals surface area contributed by atoms with Crippen LogP contribution in [0.1, 0.15) is 5.56 Å². The molecule has 0 aliphatic rings. The third-order valence-electron chi connectivity index (χ3n) is 1.80. The molecule has 1 heterocycles. The van der Waals surface area contributed by atoms with Gasteiger partial charge in [0.25, 0.3) is 10.8 Å². The van der Waals surface area contributed by atoms with Gasteiger partial charge >= 0.3 is 0 Å². The Morgan fingerprint density at radius 2 is 2.23 bits per heavy atom. The highest BCUT2D eigenvalue weighted by molar-refractivity contribution is 6.28. The third kappa shape index (κ3) is 1.29. The standard InChI is InChI=1S/C8H6ClN3O/c1-5-3-2-4-6-7(5)10-8(9)11-12(6)13/h2-4H,1H3. The van der Waals surface area contributed by atoms with Crippen LogP contribution in [-0.4, -0.2) is 10.1 Å². The van der Waals surface area contributed by atoms with Gasteiger partial charge in [-0.05, 0) is 28.9 Å². The van der Waals surface area contributed by atoms with E-state index >= 15 is 0 Å². The van der Waals surface area contributed by atoms with Crippen molar-refractivity contribution >= 4 is 22.6 Å². The number of nitrogens with zero attached hydrogens (tertiary/aromatic N) is 3. The average molecular weight is 196 g/mol. The number of aromatic nitrogens is 3. The summed E-state index contributed by atoms with van der Waals surface area (Å²) in [4.78, 5) is 4.45. The van der Waals surface area contributed by atoms with E-state index in [1.807, 2.05) is 13.0 Å². The average Bonchev–Trinajstić information content (AvgIpc) is 2.07. The van der Waals surface area contributed by atoms with Gasteiger partial charge in [-0.2, -0.15) is 0 Å². The van der Waals surface area contributed by atoms with E-state index in [2.05, 4.69) is 10.1 Å². The molecular formula is C8H6ClN3O. The maximum atomic E-state index is 11.2. The minimum atomic E-state index is -0.0307. The number of fused-ring (bicyclic) bond motifs is 1. The Morgan fingerprint density at radius 1 is 1.46 bits per heavy atom. The van der Waals surface area contributed by atoms with Crippen molar-refractivity contribution in [2.24, 2.45) is 0 Å². The molecule has 1 aromatic heterocycles. The SMILES string of the molecule is Cc1cccc2c1nc(Cl)n[n+]2[O-]. The second-order valence-corrected chi connectivity index (χ2v) is 3.03. The van der Waals surface area contributed by atoms with Gasteiger partial charge in [0.1, 0.15) is 5.52 Å². The van der Waals surface area contributed by atoms with Crippen molar-refractivity contribution in [1.82, 2.24) is 10.1 Å². The Kier molecular flexibility index (Phi) is 1.77. The number of hydrogen-bond acceptors (Lipinski definition) is 3. The molecule has 2 aromatic rings. The fraction of sp³-hybridized carbons (Fsp3) is 0.125. The zero-order valence-electron chi connectivity index (χ0n) is 6.86. The number of para-hydroxylation sites is 1. The Hall–Kier alpha value is -1.42. The Labute approximate surface area is 79.4 Å². The lowest BCUT2D eigenvalue weighted by molar-refractivity contribution is -0.642. The first-order valence-electron chi connectivity index (χ1n) is 3.71. The molecule has 0 fully saturated rings. The third-order valence-corrected chi connectivity index (χ3v) is 1.96. The molecule has 0 bridgehead atoms. The van der Waals surface area contributed by atoms with E-state index in [0.717, 1.165) is 5.56 Å². The second-order valence-electron chi connectivity index (χ2n) is 2.70. The molecule has 0 spiro atoms. The van der Waals surface area contributed by atoms with E-state index in [1.54, 1.807) is 12.1 Å². The Balaban J connectivity index is 2.94. The van der Waals surface area contributed by atoms with E-state index < -0.39 is 0 Å². The number of rotatable bonds is 0. The van der Waals surface area contributed by atoms with E-state index in [1.165, 1.54) is 0 Å². The molecule has 0 unspecified atom stereocenters. The molecule has 0 atom stereocenters. The summed E-state index contributed by atoms with van der Waals surface area (Å²) in [6.07, 6.45) is 0. The molecule has 0 radical (unpaired) electrons. The van der Waals surface area contributed by atoms with Gasteiger partial charge in [-0.3, -0.25) is 0 Å². The summed E-state index contributed by atoms with van der Waals surface area (Å²) in [5.74, 6) is 0. The summed E-state index contributed by atoms with van der Waals surface area (Å²) in [7, 11) is 0. The van der Waals surface area contributed by atoms with Crippen molar-refractivity contribution in [2.45, 2.75) is 6.92 Å². The largest absolute Gasteiger partial charge is 0.594 e. The molecular weight excluding hydrogens is 190 g/mol. The van der Waals surface area contributed by atoms with Gasteiger partial charge in [-0.25, -0.2) is 4.98 Å². The fourth-order valence-corrected chi connectivity index (χ4v) is 1.34. The highest BCUT2D eigenvalue weighted by Gasteiger charge is 2.10. The van der Waals surface area contributed by atoms with Gasteiger partial charge in [0.05, 0.1) is 0 Å². The van der Waals surface area contributed by atoms with Gasteiger partial charge in [-0.1, -0.05) is 12.1 Å². The summed E-state index contributed by atoms with van der Waals surface area (Å²) < 4.78 is 0. The van der Waals surface area contributed by atoms with E-state index in [4.69, 9.17) is 11.6 Å². The van der Waals surface area contributed by atoms with Crippen LogP contribution in [0, 0.1) is 12.1 Å². The lowest BCUT2D eigenvalue weighted by Crippen LogP contribution is -2.32. The molecule has 4 nitrogen and oxygen atoms in total. The molecule has 0 saturated heterocycles. The highest BCUT2D eigenvalue weighted by atomic mass is 35.5.